The molecule has 4 saturated carbocycles. The molecule has 2 N–H and O–H groups in total. The second-order valence-corrected chi connectivity index (χ2v) is 9.67. The van der Waals surface area contributed by atoms with E-state index in [2.05, 4.69) is 24.6 Å². The molecule has 4 heteroatoms. The Hall–Kier alpha value is -0.640. The fourth-order valence-corrected chi connectivity index (χ4v) is 6.22. The molecule has 4 aliphatic rings. The summed E-state index contributed by atoms with van der Waals surface area (Å²) in [4.78, 5) is 10.7. The lowest BCUT2D eigenvalue weighted by atomic mass is 9.44. The van der Waals surface area contributed by atoms with Gasteiger partial charge in [-0.05, 0) is 82.0 Å². The van der Waals surface area contributed by atoms with Crippen LogP contribution in [-0.4, -0.2) is 16.2 Å². The van der Waals surface area contributed by atoms with Crippen LogP contribution in [0.4, 0.5) is 0 Å². The highest BCUT2D eigenvalue weighted by Crippen LogP contribution is 2.62. The molecule has 0 amide bonds. The van der Waals surface area contributed by atoms with E-state index >= 15 is 0 Å². The third kappa shape index (κ3) is 3.42. The summed E-state index contributed by atoms with van der Waals surface area (Å²) in [6, 6.07) is 0. The topological polar surface area (TPSA) is 61.7 Å². The average Bonchev–Trinajstić information content (AvgIpc) is 2.50. The normalized spacial score (nSPS) is 50.9. The van der Waals surface area contributed by atoms with E-state index in [1.165, 1.54) is 25.7 Å². The molecule has 2 bridgehead atoms. The lowest BCUT2D eigenvalue weighted by Gasteiger charge is -2.62. The van der Waals surface area contributed by atoms with Crippen LogP contribution < -0.4 is 5.43 Å². The number of nitroso groups, excluding NO2 is 1. The van der Waals surface area contributed by atoms with Gasteiger partial charge in [0.15, 0.2) is 0 Å². The zero-order chi connectivity index (χ0) is 16.7. The number of rotatable bonds is 3. The van der Waals surface area contributed by atoms with Crippen molar-refractivity contribution in [1.82, 2.24) is 5.43 Å². The maximum absolute atomic E-state index is 10.7. The van der Waals surface area contributed by atoms with Gasteiger partial charge in [-0.15, -0.1) is 4.91 Å². The number of nitrogens with one attached hydrogen (secondary N) is 1. The van der Waals surface area contributed by atoms with Gasteiger partial charge in [0, 0.05) is 0 Å². The van der Waals surface area contributed by atoms with E-state index in [-0.39, 0.29) is 5.54 Å². The summed E-state index contributed by atoms with van der Waals surface area (Å²) < 4.78 is 0. The summed E-state index contributed by atoms with van der Waals surface area (Å²) in [5, 5.41) is 13.6. The van der Waals surface area contributed by atoms with Crippen LogP contribution in [0.5, 0.6) is 0 Å². The first-order chi connectivity index (χ1) is 10.8. The van der Waals surface area contributed by atoms with E-state index in [1.54, 1.807) is 0 Å². The zero-order valence-corrected chi connectivity index (χ0v) is 15.1. The number of hydrogen-bond donors (Lipinski definition) is 2. The van der Waals surface area contributed by atoms with Gasteiger partial charge >= 0.3 is 0 Å². The Kier molecular flexibility index (Phi) is 4.50. The van der Waals surface area contributed by atoms with E-state index in [9.17, 15) is 10.0 Å². The van der Waals surface area contributed by atoms with Gasteiger partial charge in [-0.2, -0.15) is 0 Å². The van der Waals surface area contributed by atoms with Crippen molar-refractivity contribution in [1.29, 1.82) is 0 Å². The van der Waals surface area contributed by atoms with Crippen LogP contribution in [0, 0.1) is 28.1 Å². The Labute approximate surface area is 140 Å². The molecule has 23 heavy (non-hydrogen) atoms. The molecule has 4 atom stereocenters. The van der Waals surface area contributed by atoms with Crippen molar-refractivity contribution >= 4 is 0 Å². The zero-order valence-electron chi connectivity index (χ0n) is 15.1. The molecule has 0 aromatic rings. The highest BCUT2D eigenvalue weighted by atomic mass is 16.3. The number of hydrogen-bond acceptors (Lipinski definition) is 3. The van der Waals surface area contributed by atoms with Gasteiger partial charge in [0.1, 0.15) is 0 Å². The third-order valence-electron chi connectivity index (χ3n) is 7.36. The molecule has 2 unspecified atom stereocenters. The second kappa shape index (κ2) is 6.02. The maximum atomic E-state index is 10.7. The fourth-order valence-electron chi connectivity index (χ4n) is 6.22. The van der Waals surface area contributed by atoms with Crippen molar-refractivity contribution in [3.05, 3.63) is 4.91 Å². The van der Waals surface area contributed by atoms with Crippen molar-refractivity contribution in [2.75, 3.05) is 0 Å². The quantitative estimate of drug-likeness (QED) is 0.591. The summed E-state index contributed by atoms with van der Waals surface area (Å²) in [6.45, 7) is 6.66. The van der Waals surface area contributed by atoms with Crippen molar-refractivity contribution in [2.45, 2.75) is 96.1 Å². The average molecular weight is 322 g/mol. The summed E-state index contributed by atoms with van der Waals surface area (Å²) in [5.74, 6) is 2.23. The molecule has 0 aromatic heterocycles. The van der Waals surface area contributed by atoms with Crippen LogP contribution in [0.1, 0.15) is 85.0 Å². The van der Waals surface area contributed by atoms with E-state index < -0.39 is 5.60 Å². The second-order valence-electron chi connectivity index (χ2n) is 9.67. The van der Waals surface area contributed by atoms with Crippen LogP contribution >= 0.6 is 0 Å². The van der Waals surface area contributed by atoms with Crippen molar-refractivity contribution in [2.24, 2.45) is 28.5 Å². The molecule has 0 saturated heterocycles. The highest BCUT2D eigenvalue weighted by Gasteiger charge is 2.57. The highest BCUT2D eigenvalue weighted by molar-refractivity contribution is 5.08. The molecular weight excluding hydrogens is 288 g/mol. The predicted molar refractivity (Wildman–Crippen MR) is 92.7 cm³/mol. The maximum Gasteiger partial charge on any atom is 0.0620 e. The standard InChI is InChI=1S/C19H34N2O2/c1-17(7-5-4-6-8-19(3,22)10-9-17)16-14-11-15(16)13-18(2,12-14)20-21-23/h14-16,22H,4-13H2,1-3H3,(H,20,23)/t14?,15?,16?,17-,18?,19+/m1/s1. The fraction of sp³-hybridized carbons (Fsp3) is 1.00. The molecule has 4 rings (SSSR count). The number of nitrogens with zero attached hydrogens (tertiary/aromatic N) is 1. The largest absolute Gasteiger partial charge is 0.390 e. The van der Waals surface area contributed by atoms with Crippen LogP contribution in [0.2, 0.25) is 0 Å². The smallest absolute Gasteiger partial charge is 0.0620 e. The predicted octanol–water partition coefficient (Wildman–Crippen LogP) is 4.56. The molecular formula is C19H34N2O2. The summed E-state index contributed by atoms with van der Waals surface area (Å²) >= 11 is 0. The Morgan fingerprint density at radius 3 is 2.26 bits per heavy atom. The minimum absolute atomic E-state index is 0.0911. The van der Waals surface area contributed by atoms with E-state index in [1.807, 2.05) is 6.92 Å². The summed E-state index contributed by atoms with van der Waals surface area (Å²) in [7, 11) is 0. The first kappa shape index (κ1) is 17.2. The van der Waals surface area contributed by atoms with E-state index in [0.717, 1.165) is 56.3 Å². The van der Waals surface area contributed by atoms with Crippen molar-refractivity contribution in [3.63, 3.8) is 0 Å². The molecule has 132 valence electrons. The molecule has 4 aliphatic carbocycles. The molecule has 0 spiro atoms. The molecule has 4 fully saturated rings. The van der Waals surface area contributed by atoms with Crippen LogP contribution in [0.25, 0.3) is 0 Å². The Balaban J connectivity index is 1.71. The number of aliphatic hydroxyl groups is 1. The van der Waals surface area contributed by atoms with Gasteiger partial charge in [-0.25, -0.2) is 0 Å². The van der Waals surface area contributed by atoms with Gasteiger partial charge in [-0.3, -0.25) is 5.43 Å². The van der Waals surface area contributed by atoms with E-state index in [4.69, 9.17) is 0 Å². The lowest BCUT2D eigenvalue weighted by Crippen LogP contribution is -2.59. The van der Waals surface area contributed by atoms with Crippen LogP contribution in [-0.2, 0) is 0 Å². The van der Waals surface area contributed by atoms with Gasteiger partial charge in [0.25, 0.3) is 0 Å². The van der Waals surface area contributed by atoms with E-state index in [0.29, 0.717) is 5.41 Å². The SMILES string of the molecule is CC1(NN=O)CC2CC(C1)C2[C@]1(C)CCCCC[C@](C)(O)CC1. The third-order valence-corrected chi connectivity index (χ3v) is 7.36. The Bertz CT molecular complexity index is 439. The van der Waals surface area contributed by atoms with Gasteiger partial charge < -0.3 is 5.11 Å². The molecule has 0 aromatic carbocycles. The van der Waals surface area contributed by atoms with Gasteiger partial charge in [0.2, 0.25) is 0 Å². The monoisotopic (exact) mass is 322 g/mol. The van der Waals surface area contributed by atoms with Crippen molar-refractivity contribution in [3.8, 4) is 0 Å². The van der Waals surface area contributed by atoms with Gasteiger partial charge in [-0.1, -0.05) is 26.2 Å². The molecule has 0 heterocycles. The van der Waals surface area contributed by atoms with Crippen molar-refractivity contribution < 1.29 is 5.11 Å². The summed E-state index contributed by atoms with van der Waals surface area (Å²) in [6.07, 6.45) is 11.5. The first-order valence-electron chi connectivity index (χ1n) is 9.59. The summed E-state index contributed by atoms with van der Waals surface area (Å²) in [5.41, 5.74) is 2.62. The number of fused-ring (bicyclic) bond motifs is 2. The van der Waals surface area contributed by atoms with Crippen LogP contribution in [0.3, 0.4) is 0 Å². The molecule has 0 aliphatic heterocycles. The lowest BCUT2D eigenvalue weighted by molar-refractivity contribution is -0.117. The minimum Gasteiger partial charge on any atom is -0.390 e. The van der Waals surface area contributed by atoms with Gasteiger partial charge in [0.05, 0.1) is 16.4 Å². The molecule has 0 radical (unpaired) electrons. The Morgan fingerprint density at radius 2 is 1.61 bits per heavy atom. The Morgan fingerprint density at radius 1 is 0.957 bits per heavy atom. The molecule has 4 nitrogen and oxygen atoms in total. The van der Waals surface area contributed by atoms with Crippen LogP contribution in [0.15, 0.2) is 5.29 Å². The first-order valence-corrected chi connectivity index (χ1v) is 9.59. The minimum atomic E-state index is -0.484.